The summed E-state index contributed by atoms with van der Waals surface area (Å²) in [6.45, 7) is 3.80. The fourth-order valence-electron chi connectivity index (χ4n) is 4.00. The van der Waals surface area contributed by atoms with Gasteiger partial charge in [0.2, 0.25) is 0 Å². The number of benzene rings is 1. The molecule has 0 bridgehead atoms. The van der Waals surface area contributed by atoms with Crippen LogP contribution in [0.4, 0.5) is 0 Å². The van der Waals surface area contributed by atoms with Crippen LogP contribution in [0.1, 0.15) is 43.2 Å². The molecule has 4 rings (SSSR count). The molecule has 3 aromatic rings. The maximum atomic E-state index is 12.5. The summed E-state index contributed by atoms with van der Waals surface area (Å²) in [7, 11) is 0. The molecule has 0 radical (unpaired) electrons. The average Bonchev–Trinajstić information content (AvgIpc) is 3.17. The Morgan fingerprint density at radius 3 is 2.75 bits per heavy atom. The molecule has 146 valence electrons. The number of aryl methyl sites for hydroxylation is 1. The van der Waals surface area contributed by atoms with Crippen LogP contribution in [0.5, 0.6) is 5.75 Å². The molecule has 3 heterocycles. The van der Waals surface area contributed by atoms with Gasteiger partial charge in [0, 0.05) is 25.5 Å². The quantitative estimate of drug-likeness (QED) is 0.697. The average molecular weight is 377 g/mol. The third kappa shape index (κ3) is 4.03. The highest BCUT2D eigenvalue weighted by atomic mass is 16.5. The number of hydrogen-bond donors (Lipinski definition) is 1. The normalized spacial score (nSPS) is 15.1. The van der Waals surface area contributed by atoms with E-state index in [1.807, 2.05) is 29.3 Å². The summed E-state index contributed by atoms with van der Waals surface area (Å²) in [5.41, 5.74) is 4.71. The number of rotatable bonds is 6. The fourth-order valence-corrected chi connectivity index (χ4v) is 4.00. The number of nitrogens with one attached hydrogen (secondary N) is 1. The van der Waals surface area contributed by atoms with Gasteiger partial charge in [-0.15, -0.1) is 0 Å². The molecule has 0 spiro atoms. The van der Waals surface area contributed by atoms with Crippen molar-refractivity contribution >= 4 is 16.9 Å². The van der Waals surface area contributed by atoms with Crippen molar-refractivity contribution in [3.63, 3.8) is 0 Å². The lowest BCUT2D eigenvalue weighted by molar-refractivity contribution is -0.134. The number of ether oxygens (including phenoxy) is 1. The van der Waals surface area contributed by atoms with Gasteiger partial charge < -0.3 is 14.6 Å². The van der Waals surface area contributed by atoms with Crippen LogP contribution >= 0.6 is 0 Å². The second-order valence-electron chi connectivity index (χ2n) is 7.48. The summed E-state index contributed by atoms with van der Waals surface area (Å²) in [5.74, 6) is 1.26. The van der Waals surface area contributed by atoms with Gasteiger partial charge in [0.1, 0.15) is 5.75 Å². The second-order valence-corrected chi connectivity index (χ2v) is 7.48. The molecular formula is C23H27N3O2. The van der Waals surface area contributed by atoms with Crippen LogP contribution in [-0.2, 0) is 11.2 Å². The number of fused-ring (bicyclic) bond motifs is 1. The van der Waals surface area contributed by atoms with E-state index in [1.54, 1.807) is 0 Å². The monoisotopic (exact) mass is 377 g/mol. The summed E-state index contributed by atoms with van der Waals surface area (Å²) in [6, 6.07) is 12.1. The van der Waals surface area contributed by atoms with Gasteiger partial charge in [-0.3, -0.25) is 9.78 Å². The summed E-state index contributed by atoms with van der Waals surface area (Å²) < 4.78 is 5.70. The Morgan fingerprint density at radius 1 is 1.21 bits per heavy atom. The van der Waals surface area contributed by atoms with E-state index >= 15 is 0 Å². The predicted octanol–water partition coefficient (Wildman–Crippen LogP) is 4.30. The SMILES string of the molecule is CCCc1ccc(OCC(=O)N2CCC(c3c[nH]c4cccnc34)CC2)cc1. The summed E-state index contributed by atoms with van der Waals surface area (Å²) >= 11 is 0. The molecule has 1 amide bonds. The molecule has 1 fully saturated rings. The molecule has 0 atom stereocenters. The number of pyridine rings is 1. The van der Waals surface area contributed by atoms with Crippen molar-refractivity contribution in [2.24, 2.45) is 0 Å². The van der Waals surface area contributed by atoms with E-state index in [2.05, 4.69) is 41.3 Å². The Labute approximate surface area is 165 Å². The molecule has 0 saturated carbocycles. The molecule has 1 N–H and O–H groups in total. The number of piperidine rings is 1. The van der Waals surface area contributed by atoms with Crippen LogP contribution < -0.4 is 4.74 Å². The molecule has 1 aliphatic rings. The first-order valence-electron chi connectivity index (χ1n) is 10.2. The zero-order valence-electron chi connectivity index (χ0n) is 16.4. The molecule has 5 heteroatoms. The summed E-state index contributed by atoms with van der Waals surface area (Å²) in [4.78, 5) is 22.3. The number of hydrogen-bond acceptors (Lipinski definition) is 3. The minimum absolute atomic E-state index is 0.0631. The Hall–Kier alpha value is -2.82. The van der Waals surface area contributed by atoms with Crippen LogP contribution in [0, 0.1) is 0 Å². The Kier molecular flexibility index (Phi) is 5.60. The van der Waals surface area contributed by atoms with E-state index in [1.165, 1.54) is 11.1 Å². The number of amides is 1. The molecule has 0 unspecified atom stereocenters. The molecule has 1 saturated heterocycles. The van der Waals surface area contributed by atoms with Gasteiger partial charge in [-0.1, -0.05) is 25.5 Å². The number of H-pyrrole nitrogens is 1. The Bertz CT molecular complexity index is 924. The first-order chi connectivity index (χ1) is 13.7. The number of carbonyl (C=O) groups excluding carboxylic acids is 1. The van der Waals surface area contributed by atoms with Crippen molar-refractivity contribution in [1.29, 1.82) is 0 Å². The third-order valence-electron chi connectivity index (χ3n) is 5.58. The zero-order valence-corrected chi connectivity index (χ0v) is 16.4. The maximum Gasteiger partial charge on any atom is 0.260 e. The lowest BCUT2D eigenvalue weighted by atomic mass is 9.90. The van der Waals surface area contributed by atoms with Crippen molar-refractivity contribution < 1.29 is 9.53 Å². The zero-order chi connectivity index (χ0) is 19.3. The highest BCUT2D eigenvalue weighted by Gasteiger charge is 2.26. The van der Waals surface area contributed by atoms with Gasteiger partial charge in [-0.25, -0.2) is 0 Å². The third-order valence-corrected chi connectivity index (χ3v) is 5.58. The van der Waals surface area contributed by atoms with Gasteiger partial charge in [0.25, 0.3) is 5.91 Å². The van der Waals surface area contributed by atoms with E-state index in [0.29, 0.717) is 5.92 Å². The van der Waals surface area contributed by atoms with E-state index in [-0.39, 0.29) is 12.5 Å². The first-order valence-corrected chi connectivity index (χ1v) is 10.2. The highest BCUT2D eigenvalue weighted by Crippen LogP contribution is 2.32. The number of likely N-dealkylation sites (tertiary alicyclic amines) is 1. The lowest BCUT2D eigenvalue weighted by Gasteiger charge is -2.31. The summed E-state index contributed by atoms with van der Waals surface area (Å²) in [5, 5.41) is 0. The highest BCUT2D eigenvalue weighted by molar-refractivity contribution is 5.80. The van der Waals surface area contributed by atoms with Crippen molar-refractivity contribution in [2.45, 2.75) is 38.5 Å². The van der Waals surface area contributed by atoms with Crippen LogP contribution in [0.2, 0.25) is 0 Å². The number of nitrogens with zero attached hydrogens (tertiary/aromatic N) is 2. The largest absolute Gasteiger partial charge is 0.484 e. The molecule has 2 aromatic heterocycles. The first kappa shape index (κ1) is 18.5. The molecule has 5 nitrogen and oxygen atoms in total. The minimum atomic E-state index is 0.0631. The van der Waals surface area contributed by atoms with Crippen LogP contribution in [0.15, 0.2) is 48.8 Å². The molecule has 1 aliphatic heterocycles. The topological polar surface area (TPSA) is 58.2 Å². The van der Waals surface area contributed by atoms with Gasteiger partial charge in [-0.2, -0.15) is 0 Å². The van der Waals surface area contributed by atoms with Crippen molar-refractivity contribution in [2.75, 3.05) is 19.7 Å². The van der Waals surface area contributed by atoms with Gasteiger partial charge in [0.05, 0.1) is 11.0 Å². The standard InChI is InChI=1S/C23H27N3O2/c1-2-4-17-6-8-19(9-7-17)28-16-22(27)26-13-10-18(11-14-26)20-15-25-21-5-3-12-24-23(20)21/h3,5-9,12,15,18,25H,2,4,10-11,13-14,16H2,1H3. The van der Waals surface area contributed by atoms with Crippen LogP contribution in [0.25, 0.3) is 11.0 Å². The smallest absolute Gasteiger partial charge is 0.260 e. The molecule has 1 aromatic carbocycles. The van der Waals surface area contributed by atoms with Gasteiger partial charge in [-0.05, 0) is 60.6 Å². The van der Waals surface area contributed by atoms with E-state index in [4.69, 9.17) is 4.74 Å². The molecule has 0 aliphatic carbocycles. The van der Waals surface area contributed by atoms with Gasteiger partial charge in [0.15, 0.2) is 6.61 Å². The van der Waals surface area contributed by atoms with E-state index in [0.717, 1.165) is 55.6 Å². The predicted molar refractivity (Wildman–Crippen MR) is 111 cm³/mol. The maximum absolute atomic E-state index is 12.5. The number of aromatic nitrogens is 2. The van der Waals surface area contributed by atoms with Gasteiger partial charge >= 0.3 is 0 Å². The van der Waals surface area contributed by atoms with E-state index in [9.17, 15) is 4.79 Å². The Balaban J connectivity index is 1.29. The minimum Gasteiger partial charge on any atom is -0.484 e. The van der Waals surface area contributed by atoms with Crippen LogP contribution in [-0.4, -0.2) is 40.5 Å². The van der Waals surface area contributed by atoms with Crippen molar-refractivity contribution in [3.8, 4) is 5.75 Å². The number of aromatic amines is 1. The second kappa shape index (κ2) is 8.46. The lowest BCUT2D eigenvalue weighted by Crippen LogP contribution is -2.40. The van der Waals surface area contributed by atoms with E-state index < -0.39 is 0 Å². The number of carbonyl (C=O) groups is 1. The van der Waals surface area contributed by atoms with Crippen molar-refractivity contribution in [1.82, 2.24) is 14.9 Å². The van der Waals surface area contributed by atoms with Crippen molar-refractivity contribution in [3.05, 3.63) is 59.9 Å². The Morgan fingerprint density at radius 2 is 2.00 bits per heavy atom. The molecular weight excluding hydrogens is 350 g/mol. The van der Waals surface area contributed by atoms with Crippen LogP contribution in [0.3, 0.4) is 0 Å². The molecule has 28 heavy (non-hydrogen) atoms. The fraction of sp³-hybridized carbons (Fsp3) is 0.391. The summed E-state index contributed by atoms with van der Waals surface area (Å²) in [6.07, 6.45) is 8.03.